The molecule has 2 aliphatic carbocycles. The summed E-state index contributed by atoms with van der Waals surface area (Å²) in [5.74, 6) is 0. The van der Waals surface area contributed by atoms with E-state index in [2.05, 4.69) is 205 Å². The molecule has 3 heterocycles. The lowest BCUT2D eigenvalue weighted by Gasteiger charge is -2.49. The van der Waals surface area contributed by atoms with Gasteiger partial charge in [0, 0.05) is 54.9 Å². The molecule has 2 aliphatic heterocycles. The Kier molecular flexibility index (Phi) is 7.39. The molecule has 62 heavy (non-hydrogen) atoms. The van der Waals surface area contributed by atoms with Gasteiger partial charge in [0.25, 0.3) is 0 Å². The topological polar surface area (TPSA) is 25.2 Å². The van der Waals surface area contributed by atoms with Crippen LogP contribution in [0.15, 0.2) is 206 Å². The predicted octanol–water partition coefficient (Wildman–Crippen LogP) is 13.4. The number of hydrogen-bond acceptors (Lipinski definition) is 2. The second kappa shape index (κ2) is 12.8. The van der Waals surface area contributed by atoms with E-state index in [9.17, 15) is 0 Å². The summed E-state index contributed by atoms with van der Waals surface area (Å²) in [4.78, 5) is 2.41. The molecule has 13 rings (SSSR count). The number of para-hydroxylation sites is 3. The van der Waals surface area contributed by atoms with E-state index >= 15 is 4.57 Å². The summed E-state index contributed by atoms with van der Waals surface area (Å²) in [6, 6.07) is 68.1. The first-order valence-corrected chi connectivity index (χ1v) is 23.6. The minimum Gasteiger partial charge on any atom is -0.312 e. The number of fused-ring (bicyclic) bond motifs is 13. The maximum Gasteiger partial charge on any atom is 0.171 e. The zero-order valence-corrected chi connectivity index (χ0v) is 35.6. The molecule has 0 saturated carbocycles. The highest BCUT2D eigenvalue weighted by molar-refractivity contribution is 7.85. The third-order valence-electron chi connectivity index (χ3n) is 14.5. The fourth-order valence-electron chi connectivity index (χ4n) is 11.9. The predicted molar refractivity (Wildman–Crippen MR) is 259 cm³/mol. The van der Waals surface area contributed by atoms with Gasteiger partial charge in [-0.25, -0.2) is 0 Å². The Morgan fingerprint density at radius 1 is 0.532 bits per heavy atom. The van der Waals surface area contributed by atoms with E-state index in [0.29, 0.717) is 0 Å². The third kappa shape index (κ3) is 4.49. The molecule has 0 fully saturated rings. The Balaban J connectivity index is 1.16. The average Bonchev–Trinajstić information content (AvgIpc) is 3.78. The number of allylic oxidation sites excluding steroid dienone is 4. The smallest absolute Gasteiger partial charge is 0.171 e. The van der Waals surface area contributed by atoms with Crippen LogP contribution in [-0.2, 0) is 15.4 Å². The number of anilines is 3. The first-order valence-electron chi connectivity index (χ1n) is 21.9. The van der Waals surface area contributed by atoms with Crippen LogP contribution in [0.3, 0.4) is 0 Å². The number of aromatic nitrogens is 1. The Morgan fingerprint density at radius 2 is 1.16 bits per heavy atom. The Morgan fingerprint density at radius 3 is 2.00 bits per heavy atom. The molecule has 1 spiro atoms. The highest BCUT2D eigenvalue weighted by Crippen LogP contribution is 2.62. The van der Waals surface area contributed by atoms with E-state index in [-0.39, 0.29) is 5.41 Å². The SMILES string of the molecule is CC1(C)c2ccccc2-c2ccc(N(c3ccccc3)c3ccc4c(c3)C3(C5=C(CCC=C5)n5c6ccccc6c6cccc3c65)c3ccccc3P4(=O)c3ccccc3)cc21. The molecule has 0 bridgehead atoms. The quantitative estimate of drug-likeness (QED) is 0.165. The van der Waals surface area contributed by atoms with Gasteiger partial charge in [-0.15, -0.1) is 0 Å². The van der Waals surface area contributed by atoms with Crippen molar-refractivity contribution in [3.63, 3.8) is 0 Å². The second-order valence-electron chi connectivity index (χ2n) is 17.8. The highest BCUT2D eigenvalue weighted by Gasteiger charge is 2.55. The summed E-state index contributed by atoms with van der Waals surface area (Å²) < 4.78 is 19.3. The highest BCUT2D eigenvalue weighted by atomic mass is 31.2. The molecule has 0 saturated heterocycles. The zero-order chi connectivity index (χ0) is 41.4. The molecule has 0 amide bonds. The minimum atomic E-state index is -3.40. The van der Waals surface area contributed by atoms with E-state index < -0.39 is 12.6 Å². The van der Waals surface area contributed by atoms with Gasteiger partial charge in [-0.3, -0.25) is 0 Å². The lowest BCUT2D eigenvalue weighted by atomic mass is 9.61. The molecule has 1 aromatic heterocycles. The molecule has 0 N–H and O–H groups in total. The van der Waals surface area contributed by atoms with Crippen LogP contribution in [0.1, 0.15) is 54.5 Å². The van der Waals surface area contributed by atoms with Crippen LogP contribution >= 0.6 is 7.14 Å². The monoisotopic (exact) mass is 814 g/mol. The van der Waals surface area contributed by atoms with E-state index in [4.69, 9.17) is 0 Å². The van der Waals surface area contributed by atoms with Crippen molar-refractivity contribution in [2.75, 3.05) is 4.90 Å². The van der Waals surface area contributed by atoms with Crippen LogP contribution in [0.25, 0.3) is 38.6 Å². The summed E-state index contributed by atoms with van der Waals surface area (Å²) in [5.41, 5.74) is 16.0. The Hall–Kier alpha value is -6.93. The summed E-state index contributed by atoms with van der Waals surface area (Å²) in [7, 11) is -3.40. The summed E-state index contributed by atoms with van der Waals surface area (Å²) in [6.45, 7) is 4.70. The zero-order valence-electron chi connectivity index (χ0n) is 34.7. The molecule has 3 nitrogen and oxygen atoms in total. The molecule has 296 valence electrons. The van der Waals surface area contributed by atoms with Gasteiger partial charge >= 0.3 is 0 Å². The minimum absolute atomic E-state index is 0.161. The molecule has 0 radical (unpaired) electrons. The summed E-state index contributed by atoms with van der Waals surface area (Å²) in [6.07, 6.45) is 6.63. The first kappa shape index (κ1) is 35.8. The van der Waals surface area contributed by atoms with Crippen molar-refractivity contribution in [1.82, 2.24) is 4.57 Å². The molecule has 2 atom stereocenters. The fraction of sp³-hybridized carbons (Fsp3) is 0.103. The van der Waals surface area contributed by atoms with Crippen LogP contribution in [0.5, 0.6) is 0 Å². The van der Waals surface area contributed by atoms with Crippen LogP contribution in [0.2, 0.25) is 0 Å². The van der Waals surface area contributed by atoms with Crippen molar-refractivity contribution >= 4 is 67.6 Å². The molecule has 2 unspecified atom stereocenters. The van der Waals surface area contributed by atoms with Crippen LogP contribution in [0.4, 0.5) is 17.1 Å². The van der Waals surface area contributed by atoms with Crippen molar-refractivity contribution in [1.29, 1.82) is 0 Å². The van der Waals surface area contributed by atoms with Crippen molar-refractivity contribution in [2.24, 2.45) is 0 Å². The fourth-order valence-corrected chi connectivity index (χ4v) is 15.0. The van der Waals surface area contributed by atoms with Gasteiger partial charge in [0.05, 0.1) is 16.4 Å². The van der Waals surface area contributed by atoms with Gasteiger partial charge in [0.1, 0.15) is 0 Å². The van der Waals surface area contributed by atoms with Crippen LogP contribution in [0, 0.1) is 0 Å². The normalized spacial score (nSPS) is 19.8. The van der Waals surface area contributed by atoms with E-state index in [1.165, 1.54) is 60.9 Å². The van der Waals surface area contributed by atoms with Crippen LogP contribution in [-0.4, -0.2) is 4.57 Å². The number of nitrogens with zero attached hydrogens (tertiary/aromatic N) is 2. The molecular formula is C58H43N2OP. The molecule has 9 aromatic rings. The Bertz CT molecular complexity index is 3480. The first-order chi connectivity index (χ1) is 30.4. The second-order valence-corrected chi connectivity index (χ2v) is 20.5. The van der Waals surface area contributed by atoms with Crippen molar-refractivity contribution in [3.8, 4) is 11.1 Å². The van der Waals surface area contributed by atoms with Gasteiger partial charge in [-0.1, -0.05) is 166 Å². The number of rotatable bonds is 4. The lowest BCUT2D eigenvalue weighted by Crippen LogP contribution is -2.48. The van der Waals surface area contributed by atoms with E-state index in [1.54, 1.807) is 0 Å². The van der Waals surface area contributed by atoms with Crippen LogP contribution < -0.4 is 20.8 Å². The average molecular weight is 815 g/mol. The van der Waals surface area contributed by atoms with Crippen molar-refractivity contribution in [3.05, 3.63) is 234 Å². The summed E-state index contributed by atoms with van der Waals surface area (Å²) >= 11 is 0. The van der Waals surface area contributed by atoms with E-state index in [0.717, 1.165) is 56.9 Å². The lowest BCUT2D eigenvalue weighted by molar-refractivity contribution is 0.590. The van der Waals surface area contributed by atoms with Gasteiger partial charge in [-0.05, 0) is 106 Å². The maximum atomic E-state index is 16.8. The summed E-state index contributed by atoms with van der Waals surface area (Å²) in [5, 5.41) is 5.18. The molecule has 4 aliphatic rings. The van der Waals surface area contributed by atoms with Crippen molar-refractivity contribution in [2.45, 2.75) is 37.5 Å². The van der Waals surface area contributed by atoms with E-state index in [1.807, 2.05) is 18.2 Å². The molecular weight excluding hydrogens is 772 g/mol. The standard InChI is InChI=1S/C58H43N2OP/c1-57(2)46-25-11-9-22-42(46)43-34-32-39(36-50(43)57)59(38-18-5-3-6-19-38)40-33-35-55-51(37-40)58(48-27-13-16-31-54(48)62(55,61)41-20-7-4-8-21-41)47-26-12-15-30-53(47)60-52-29-14-10-23-44(52)45-24-17-28-49(58)56(45)60/h3-14,16-29,31-37H,15,30H2,1-2H3. The van der Waals surface area contributed by atoms with Gasteiger partial charge in [0.2, 0.25) is 0 Å². The maximum absolute atomic E-state index is 16.8. The number of benzene rings is 8. The van der Waals surface area contributed by atoms with Crippen molar-refractivity contribution < 1.29 is 4.57 Å². The van der Waals surface area contributed by atoms with Gasteiger partial charge in [0.15, 0.2) is 7.14 Å². The van der Waals surface area contributed by atoms with Gasteiger partial charge in [-0.2, -0.15) is 0 Å². The third-order valence-corrected chi connectivity index (χ3v) is 17.7. The largest absolute Gasteiger partial charge is 0.312 e. The molecule has 8 aromatic carbocycles. The molecule has 4 heteroatoms. The number of hydrogen-bond donors (Lipinski definition) is 0. The van der Waals surface area contributed by atoms with Gasteiger partial charge < -0.3 is 14.0 Å². The Labute approximate surface area is 362 Å².